The van der Waals surface area contributed by atoms with Crippen LogP contribution in [-0.2, 0) is 14.4 Å². The first-order valence-corrected chi connectivity index (χ1v) is 4.61. The van der Waals surface area contributed by atoms with Gasteiger partial charge in [-0.05, 0) is 12.1 Å². The van der Waals surface area contributed by atoms with E-state index in [0.29, 0.717) is 5.56 Å². The van der Waals surface area contributed by atoms with Crippen LogP contribution in [0.25, 0.3) is 0 Å². The van der Waals surface area contributed by atoms with Gasteiger partial charge in [-0.1, -0.05) is 35.0 Å². The monoisotopic (exact) mass is 241 g/mol. The molecule has 0 heterocycles. The predicted octanol–water partition coefficient (Wildman–Crippen LogP) is 1.57. The molecule has 0 saturated carbocycles. The number of carbonyl (C=O) groups is 2. The summed E-state index contributed by atoms with van der Waals surface area (Å²) in [5.41, 5.74) is 0.306. The lowest BCUT2D eigenvalue weighted by atomic mass is 10.2. The number of ether oxygens (including phenoxy) is 1. The van der Waals surface area contributed by atoms with Crippen LogP contribution in [0.5, 0.6) is 0 Å². The fourth-order valence-corrected chi connectivity index (χ4v) is 0.942. The van der Waals surface area contributed by atoms with E-state index >= 15 is 0 Å². The van der Waals surface area contributed by atoms with Crippen LogP contribution in [-0.4, -0.2) is 24.2 Å². The minimum absolute atomic E-state index is 0.306. The third-order valence-electron chi connectivity index (χ3n) is 1.57. The Morgan fingerprint density at radius 1 is 1.25 bits per heavy atom. The van der Waals surface area contributed by atoms with Crippen LogP contribution in [0.15, 0.2) is 35.5 Å². The number of esters is 1. The maximum Gasteiger partial charge on any atom is 0.372 e. The Hall–Kier alpha value is -1.88. The summed E-state index contributed by atoms with van der Waals surface area (Å²) in [6, 6.07) is 8.18. The molecule has 0 unspecified atom stereocenters. The lowest BCUT2D eigenvalue weighted by Crippen LogP contribution is -2.11. The molecule has 0 amide bonds. The number of rotatable bonds is 3. The van der Waals surface area contributed by atoms with Gasteiger partial charge in [0.2, 0.25) is 0 Å². The van der Waals surface area contributed by atoms with Crippen molar-refractivity contribution in [3.05, 3.63) is 35.9 Å². The summed E-state index contributed by atoms with van der Waals surface area (Å²) >= 11 is 5.36. The maximum absolute atomic E-state index is 11.3. The topological polar surface area (TPSA) is 65.0 Å². The summed E-state index contributed by atoms with van der Waals surface area (Å²) in [5, 5.41) is 2.58. The number of halogens is 1. The minimum atomic E-state index is -0.873. The normalized spacial score (nSPS) is 10.8. The third kappa shape index (κ3) is 3.36. The molecule has 1 aromatic carbocycles. The zero-order valence-corrected chi connectivity index (χ0v) is 9.10. The molecule has 84 valence electrons. The van der Waals surface area contributed by atoms with Crippen LogP contribution in [0.4, 0.5) is 0 Å². The van der Waals surface area contributed by atoms with Crippen molar-refractivity contribution >= 4 is 28.7 Å². The number of hydrogen-bond donors (Lipinski definition) is 0. The molecular formula is C10H8ClNO4. The molecule has 0 bridgehead atoms. The van der Waals surface area contributed by atoms with E-state index in [2.05, 4.69) is 14.7 Å². The summed E-state index contributed by atoms with van der Waals surface area (Å²) in [6.07, 6.45) is 0. The first-order valence-electron chi connectivity index (χ1n) is 4.23. The highest BCUT2D eigenvalue weighted by Crippen LogP contribution is 2.02. The van der Waals surface area contributed by atoms with Crippen molar-refractivity contribution in [3.8, 4) is 0 Å². The first kappa shape index (κ1) is 12.2. The van der Waals surface area contributed by atoms with Crippen molar-refractivity contribution < 1.29 is 19.2 Å². The molecule has 0 N–H and O–H groups in total. The minimum Gasteiger partial charge on any atom is -0.464 e. The molecule has 0 atom stereocenters. The van der Waals surface area contributed by atoms with Crippen LogP contribution in [0, 0.1) is 0 Å². The van der Waals surface area contributed by atoms with E-state index in [-0.39, 0.29) is 0 Å². The molecule has 5 nitrogen and oxygen atoms in total. The predicted molar refractivity (Wildman–Crippen MR) is 57.2 cm³/mol. The van der Waals surface area contributed by atoms with Crippen LogP contribution >= 0.6 is 11.6 Å². The quantitative estimate of drug-likeness (QED) is 0.349. The van der Waals surface area contributed by atoms with Gasteiger partial charge < -0.3 is 9.57 Å². The van der Waals surface area contributed by atoms with E-state index < -0.39 is 17.1 Å². The molecule has 16 heavy (non-hydrogen) atoms. The maximum atomic E-state index is 11.3. The van der Waals surface area contributed by atoms with Crippen LogP contribution < -0.4 is 0 Å². The number of methoxy groups -OCH3 is 1. The fraction of sp³-hybridized carbons (Fsp3) is 0.100. The van der Waals surface area contributed by atoms with E-state index in [1.165, 1.54) is 0 Å². The van der Waals surface area contributed by atoms with E-state index in [1.54, 1.807) is 30.3 Å². The molecule has 0 aliphatic heterocycles. The molecule has 0 aliphatic carbocycles. The fourth-order valence-electron chi connectivity index (χ4n) is 0.830. The molecule has 1 aromatic rings. The molecule has 0 spiro atoms. The largest absolute Gasteiger partial charge is 0.464 e. The zero-order valence-electron chi connectivity index (χ0n) is 8.34. The Morgan fingerprint density at radius 2 is 1.88 bits per heavy atom. The standard InChI is InChI=1S/C10H8ClNO4/c1-15-10(14)8(11)12-16-9(13)7-5-3-2-4-6-7/h2-6H,1H3. The highest BCUT2D eigenvalue weighted by atomic mass is 35.5. The highest BCUT2D eigenvalue weighted by molar-refractivity contribution is 6.81. The summed E-state index contributed by atoms with van der Waals surface area (Å²) in [4.78, 5) is 26.5. The lowest BCUT2D eigenvalue weighted by molar-refractivity contribution is -0.132. The summed E-state index contributed by atoms with van der Waals surface area (Å²) in [5.74, 6) is -1.58. The summed E-state index contributed by atoms with van der Waals surface area (Å²) in [7, 11) is 1.14. The molecule has 0 radical (unpaired) electrons. The number of oxime groups is 1. The van der Waals surface area contributed by atoms with Crippen molar-refractivity contribution in [2.75, 3.05) is 7.11 Å². The van der Waals surface area contributed by atoms with Gasteiger partial charge in [-0.15, -0.1) is 0 Å². The average Bonchev–Trinajstić information content (AvgIpc) is 2.35. The molecule has 0 saturated heterocycles. The SMILES string of the molecule is COC(=O)C(Cl)=NOC(=O)c1ccccc1. The average molecular weight is 242 g/mol. The van der Waals surface area contributed by atoms with Gasteiger partial charge in [0.15, 0.2) is 0 Å². The lowest BCUT2D eigenvalue weighted by Gasteiger charge is -1.98. The van der Waals surface area contributed by atoms with Crippen molar-refractivity contribution in [1.29, 1.82) is 0 Å². The van der Waals surface area contributed by atoms with Gasteiger partial charge in [0.25, 0.3) is 5.17 Å². The number of benzene rings is 1. The van der Waals surface area contributed by atoms with E-state index in [0.717, 1.165) is 7.11 Å². The number of hydrogen-bond acceptors (Lipinski definition) is 5. The number of carbonyl (C=O) groups excluding carboxylic acids is 2. The second-order valence-electron chi connectivity index (χ2n) is 2.62. The molecule has 1 rings (SSSR count). The highest BCUT2D eigenvalue weighted by Gasteiger charge is 2.11. The summed E-state index contributed by atoms with van der Waals surface area (Å²) in [6.45, 7) is 0. The van der Waals surface area contributed by atoms with Crippen molar-refractivity contribution in [3.63, 3.8) is 0 Å². The molecule has 6 heteroatoms. The molecule has 0 aromatic heterocycles. The van der Waals surface area contributed by atoms with Crippen LogP contribution in [0.3, 0.4) is 0 Å². The molecule has 0 fully saturated rings. The molecular weight excluding hydrogens is 234 g/mol. The van der Waals surface area contributed by atoms with Gasteiger partial charge in [0.05, 0.1) is 12.7 Å². The van der Waals surface area contributed by atoms with Crippen LogP contribution in [0.2, 0.25) is 0 Å². The smallest absolute Gasteiger partial charge is 0.372 e. The Labute approximate surface area is 96.6 Å². The Bertz CT molecular complexity index is 416. The van der Waals surface area contributed by atoms with Gasteiger partial charge in [-0.2, -0.15) is 0 Å². The Morgan fingerprint density at radius 3 is 2.44 bits per heavy atom. The van der Waals surface area contributed by atoms with Gasteiger partial charge in [-0.25, -0.2) is 9.59 Å². The zero-order chi connectivity index (χ0) is 12.0. The van der Waals surface area contributed by atoms with Crippen molar-refractivity contribution in [1.82, 2.24) is 0 Å². The van der Waals surface area contributed by atoms with Gasteiger partial charge >= 0.3 is 11.9 Å². The van der Waals surface area contributed by atoms with Gasteiger partial charge in [0, 0.05) is 0 Å². The van der Waals surface area contributed by atoms with Gasteiger partial charge in [-0.3, -0.25) is 0 Å². The Balaban J connectivity index is 2.63. The Kier molecular flexibility index (Phi) is 4.47. The van der Waals surface area contributed by atoms with Crippen molar-refractivity contribution in [2.45, 2.75) is 0 Å². The second kappa shape index (κ2) is 5.87. The van der Waals surface area contributed by atoms with Gasteiger partial charge in [0.1, 0.15) is 0 Å². The van der Waals surface area contributed by atoms with Crippen LogP contribution in [0.1, 0.15) is 10.4 Å². The third-order valence-corrected chi connectivity index (χ3v) is 1.80. The summed E-state index contributed by atoms with van der Waals surface area (Å²) < 4.78 is 4.26. The first-order chi connectivity index (χ1) is 7.65. The van der Waals surface area contributed by atoms with E-state index in [9.17, 15) is 9.59 Å². The number of nitrogens with zero attached hydrogens (tertiary/aromatic N) is 1. The van der Waals surface area contributed by atoms with E-state index in [4.69, 9.17) is 11.6 Å². The van der Waals surface area contributed by atoms with Crippen molar-refractivity contribution in [2.24, 2.45) is 5.16 Å². The van der Waals surface area contributed by atoms with E-state index in [1.807, 2.05) is 0 Å². The molecule has 0 aliphatic rings. The second-order valence-corrected chi connectivity index (χ2v) is 2.98.